The molecule has 0 heterocycles. The van der Waals surface area contributed by atoms with Crippen molar-refractivity contribution in [2.75, 3.05) is 0 Å². The maximum absolute atomic E-state index is 12.6. The van der Waals surface area contributed by atoms with Crippen LogP contribution in [0.25, 0.3) is 0 Å². The van der Waals surface area contributed by atoms with Gasteiger partial charge in [-0.15, -0.1) is 0 Å². The molecule has 0 atom stereocenters. The lowest BCUT2D eigenvalue weighted by Crippen LogP contribution is -2.23. The van der Waals surface area contributed by atoms with E-state index in [0.717, 1.165) is 12.1 Å². The van der Waals surface area contributed by atoms with E-state index in [-0.39, 0.29) is 12.5 Å². The molecule has 0 saturated carbocycles. The summed E-state index contributed by atoms with van der Waals surface area (Å²) in [4.78, 5) is 12.0. The Kier molecular flexibility index (Phi) is 4.67. The van der Waals surface area contributed by atoms with Crippen molar-refractivity contribution in [2.24, 2.45) is 0 Å². The molecule has 0 aliphatic heterocycles. The van der Waals surface area contributed by atoms with Crippen LogP contribution in [0.5, 0.6) is 0 Å². The molecule has 0 aromatic heterocycles. The fraction of sp³-hybridized carbons (Fsp3) is 0.133. The van der Waals surface area contributed by atoms with E-state index in [2.05, 4.69) is 21.2 Å². The van der Waals surface area contributed by atoms with Crippen LogP contribution in [0.2, 0.25) is 0 Å². The van der Waals surface area contributed by atoms with Gasteiger partial charge in [-0.2, -0.15) is 13.2 Å². The lowest BCUT2D eigenvalue weighted by atomic mass is 10.1. The number of halogens is 4. The van der Waals surface area contributed by atoms with Gasteiger partial charge in [0.1, 0.15) is 0 Å². The number of benzene rings is 2. The molecule has 2 rings (SSSR count). The number of hydrogen-bond donors (Lipinski definition) is 1. The summed E-state index contributed by atoms with van der Waals surface area (Å²) in [6.45, 7) is 0.0318. The third-order valence-electron chi connectivity index (χ3n) is 2.83. The molecule has 0 aliphatic rings. The maximum Gasteiger partial charge on any atom is 0.416 e. The third kappa shape index (κ3) is 4.07. The van der Waals surface area contributed by atoms with Crippen molar-refractivity contribution in [1.82, 2.24) is 5.32 Å². The zero-order valence-corrected chi connectivity index (χ0v) is 12.3. The van der Waals surface area contributed by atoms with Gasteiger partial charge in [-0.3, -0.25) is 4.79 Å². The third-order valence-corrected chi connectivity index (χ3v) is 3.52. The van der Waals surface area contributed by atoms with Gasteiger partial charge in [0.2, 0.25) is 0 Å². The van der Waals surface area contributed by atoms with Crippen LogP contribution in [0, 0.1) is 0 Å². The van der Waals surface area contributed by atoms with Gasteiger partial charge in [-0.05, 0) is 45.8 Å². The molecule has 0 saturated heterocycles. The second kappa shape index (κ2) is 6.30. The number of carbonyl (C=O) groups excluding carboxylic acids is 1. The summed E-state index contributed by atoms with van der Waals surface area (Å²) < 4.78 is 38.4. The second-order valence-electron chi connectivity index (χ2n) is 4.36. The Hall–Kier alpha value is -1.82. The van der Waals surface area contributed by atoms with E-state index in [0.29, 0.717) is 15.6 Å². The van der Waals surface area contributed by atoms with Gasteiger partial charge in [0.15, 0.2) is 0 Å². The fourth-order valence-electron chi connectivity index (χ4n) is 1.78. The van der Waals surface area contributed by atoms with E-state index in [1.165, 1.54) is 12.1 Å². The quantitative estimate of drug-likeness (QED) is 0.866. The summed E-state index contributed by atoms with van der Waals surface area (Å²) in [7, 11) is 0. The standard InChI is InChI=1S/C15H11BrF3NO/c16-13-7-2-1-6-12(13)14(21)20-9-10-4-3-5-11(8-10)15(17,18)19/h1-8H,9H2,(H,20,21). The Labute approximate surface area is 128 Å². The van der Waals surface area contributed by atoms with Crippen LogP contribution in [-0.2, 0) is 12.7 Å². The van der Waals surface area contributed by atoms with Gasteiger partial charge in [0, 0.05) is 11.0 Å². The summed E-state index contributed by atoms with van der Waals surface area (Å²) >= 11 is 3.25. The Bertz CT molecular complexity index is 655. The molecule has 0 bridgehead atoms. The minimum Gasteiger partial charge on any atom is -0.348 e. The van der Waals surface area contributed by atoms with Crippen LogP contribution in [0.3, 0.4) is 0 Å². The Morgan fingerprint density at radius 3 is 2.48 bits per heavy atom. The van der Waals surface area contributed by atoms with Crippen LogP contribution < -0.4 is 5.32 Å². The van der Waals surface area contributed by atoms with Crippen molar-refractivity contribution in [3.8, 4) is 0 Å². The first-order valence-corrected chi connectivity index (χ1v) is 6.86. The van der Waals surface area contributed by atoms with Crippen LogP contribution in [0.15, 0.2) is 53.0 Å². The van der Waals surface area contributed by atoms with Crippen LogP contribution in [-0.4, -0.2) is 5.91 Å². The van der Waals surface area contributed by atoms with Crippen molar-refractivity contribution in [3.05, 3.63) is 69.7 Å². The summed E-state index contributed by atoms with van der Waals surface area (Å²) in [5.74, 6) is -0.347. The minimum absolute atomic E-state index is 0.0318. The zero-order valence-electron chi connectivity index (χ0n) is 10.7. The van der Waals surface area contributed by atoms with Crippen molar-refractivity contribution >= 4 is 21.8 Å². The summed E-state index contributed by atoms with van der Waals surface area (Å²) in [5.41, 5.74) is 0.102. The lowest BCUT2D eigenvalue weighted by Gasteiger charge is -2.10. The monoisotopic (exact) mass is 357 g/mol. The van der Waals surface area contributed by atoms with E-state index >= 15 is 0 Å². The highest BCUT2D eigenvalue weighted by Crippen LogP contribution is 2.29. The minimum atomic E-state index is -4.39. The van der Waals surface area contributed by atoms with Gasteiger partial charge in [-0.1, -0.05) is 24.3 Å². The molecule has 2 aromatic carbocycles. The van der Waals surface area contributed by atoms with Crippen LogP contribution >= 0.6 is 15.9 Å². The SMILES string of the molecule is O=C(NCc1cccc(C(F)(F)F)c1)c1ccccc1Br. The zero-order chi connectivity index (χ0) is 15.5. The molecule has 0 fully saturated rings. The average Bonchev–Trinajstić information content (AvgIpc) is 2.45. The Morgan fingerprint density at radius 2 is 1.81 bits per heavy atom. The van der Waals surface area contributed by atoms with Crippen molar-refractivity contribution in [1.29, 1.82) is 0 Å². The molecule has 2 aromatic rings. The average molecular weight is 358 g/mol. The Balaban J connectivity index is 2.07. The second-order valence-corrected chi connectivity index (χ2v) is 5.21. The van der Waals surface area contributed by atoms with Crippen LogP contribution in [0.4, 0.5) is 13.2 Å². The molecule has 0 radical (unpaired) electrons. The molecule has 0 spiro atoms. The lowest BCUT2D eigenvalue weighted by molar-refractivity contribution is -0.137. The van der Waals surface area contributed by atoms with Gasteiger partial charge in [0.05, 0.1) is 11.1 Å². The first kappa shape index (κ1) is 15.6. The predicted octanol–water partition coefficient (Wildman–Crippen LogP) is 4.40. The van der Waals surface area contributed by atoms with Gasteiger partial charge < -0.3 is 5.32 Å². The highest BCUT2D eigenvalue weighted by atomic mass is 79.9. The van der Waals surface area contributed by atoms with Crippen LogP contribution in [0.1, 0.15) is 21.5 Å². The predicted molar refractivity (Wildman–Crippen MR) is 76.8 cm³/mol. The summed E-state index contributed by atoms with van der Waals surface area (Å²) in [6.07, 6.45) is -4.39. The molecule has 2 nitrogen and oxygen atoms in total. The molecule has 6 heteroatoms. The van der Waals surface area contributed by atoms with E-state index in [1.807, 2.05) is 0 Å². The fourth-order valence-corrected chi connectivity index (χ4v) is 2.25. The van der Waals surface area contributed by atoms with Gasteiger partial charge in [-0.25, -0.2) is 0 Å². The highest BCUT2D eigenvalue weighted by Gasteiger charge is 2.30. The number of hydrogen-bond acceptors (Lipinski definition) is 1. The summed E-state index contributed by atoms with van der Waals surface area (Å²) in [5, 5.41) is 2.60. The van der Waals surface area contributed by atoms with E-state index < -0.39 is 11.7 Å². The topological polar surface area (TPSA) is 29.1 Å². The van der Waals surface area contributed by atoms with E-state index in [4.69, 9.17) is 0 Å². The maximum atomic E-state index is 12.6. The first-order valence-electron chi connectivity index (χ1n) is 6.07. The van der Waals surface area contributed by atoms with Gasteiger partial charge >= 0.3 is 6.18 Å². The number of alkyl halides is 3. The van der Waals surface area contributed by atoms with E-state index in [9.17, 15) is 18.0 Å². The number of rotatable bonds is 3. The highest BCUT2D eigenvalue weighted by molar-refractivity contribution is 9.10. The largest absolute Gasteiger partial charge is 0.416 e. The number of amides is 1. The van der Waals surface area contributed by atoms with E-state index in [1.54, 1.807) is 24.3 Å². The van der Waals surface area contributed by atoms with Gasteiger partial charge in [0.25, 0.3) is 5.91 Å². The summed E-state index contributed by atoms with van der Waals surface area (Å²) in [6, 6.07) is 11.7. The Morgan fingerprint density at radius 1 is 1.10 bits per heavy atom. The molecule has 1 amide bonds. The molecule has 0 unspecified atom stereocenters. The molecule has 0 aliphatic carbocycles. The molecular formula is C15H11BrF3NO. The normalized spacial score (nSPS) is 11.2. The first-order chi connectivity index (χ1) is 9.88. The number of carbonyl (C=O) groups is 1. The molecule has 21 heavy (non-hydrogen) atoms. The smallest absolute Gasteiger partial charge is 0.348 e. The number of nitrogens with one attached hydrogen (secondary N) is 1. The molecular weight excluding hydrogens is 347 g/mol. The van der Waals surface area contributed by atoms with Crippen molar-refractivity contribution < 1.29 is 18.0 Å². The molecule has 1 N–H and O–H groups in total. The van der Waals surface area contributed by atoms with Crippen molar-refractivity contribution in [3.63, 3.8) is 0 Å². The molecule has 110 valence electrons. The van der Waals surface area contributed by atoms with Crippen molar-refractivity contribution in [2.45, 2.75) is 12.7 Å².